The summed E-state index contributed by atoms with van der Waals surface area (Å²) in [6.07, 6.45) is 8.25. The van der Waals surface area contributed by atoms with Gasteiger partial charge in [-0.25, -0.2) is 0 Å². The van der Waals surface area contributed by atoms with Crippen molar-refractivity contribution in [3.8, 4) is 0 Å². The zero-order valence-electron chi connectivity index (χ0n) is 24.3. The molecule has 1 aromatic rings. The molecular formula is C34H47NO5. The van der Waals surface area contributed by atoms with Gasteiger partial charge in [0, 0.05) is 12.0 Å². The van der Waals surface area contributed by atoms with E-state index in [1.807, 2.05) is 30.3 Å². The molecule has 7 rings (SSSR count). The molecule has 1 saturated heterocycles. The lowest BCUT2D eigenvalue weighted by Gasteiger charge is -2.61. The minimum atomic E-state index is -1.25. The first-order chi connectivity index (χ1) is 19.1. The van der Waals surface area contributed by atoms with E-state index in [1.165, 1.54) is 18.4 Å². The number of aliphatic hydroxyl groups excluding tert-OH is 3. The number of carbonyl (C=O) groups excluding carboxylic acids is 1. The lowest BCUT2D eigenvalue weighted by molar-refractivity contribution is -0.172. The zero-order valence-corrected chi connectivity index (χ0v) is 24.3. The van der Waals surface area contributed by atoms with E-state index < -0.39 is 24.2 Å². The zero-order chi connectivity index (χ0) is 28.1. The normalized spacial score (nSPS) is 50.5. The maximum Gasteiger partial charge on any atom is 0.251 e. The highest BCUT2D eigenvalue weighted by Gasteiger charge is 2.83. The molecule has 1 heterocycles. The minimum absolute atomic E-state index is 0.0350. The van der Waals surface area contributed by atoms with Gasteiger partial charge in [-0.05, 0) is 110 Å². The predicted molar refractivity (Wildman–Crippen MR) is 152 cm³/mol. The Morgan fingerprint density at radius 3 is 2.58 bits per heavy atom. The Bertz CT molecular complexity index is 1200. The monoisotopic (exact) mass is 549 g/mol. The Morgan fingerprint density at radius 2 is 1.82 bits per heavy atom. The lowest BCUT2D eigenvalue weighted by Crippen LogP contribution is -2.57. The molecule has 5 aliphatic carbocycles. The molecule has 0 aromatic heterocycles. The Morgan fingerprint density at radius 1 is 1.05 bits per heavy atom. The molecular weight excluding hydrogens is 502 g/mol. The van der Waals surface area contributed by atoms with Crippen LogP contribution in [0.1, 0.15) is 84.1 Å². The van der Waals surface area contributed by atoms with Gasteiger partial charge in [-0.2, -0.15) is 0 Å². The van der Waals surface area contributed by atoms with Crippen molar-refractivity contribution >= 4 is 5.91 Å². The SMILES string of the molecule is C/C=C1/C(O)CCC23CC24CCC2(C)[C@H]5CCC(C(O)C(=O)NCc6ccccc6)OC5[C@H](O)[C@@]2(C)C4CC[C@@H]13. The van der Waals surface area contributed by atoms with Gasteiger partial charge in [-0.15, -0.1) is 0 Å². The molecule has 6 fully saturated rings. The summed E-state index contributed by atoms with van der Waals surface area (Å²) in [4.78, 5) is 12.9. The molecule has 0 bridgehead atoms. The maximum atomic E-state index is 12.9. The van der Waals surface area contributed by atoms with Crippen LogP contribution in [0.2, 0.25) is 0 Å². The highest BCUT2D eigenvalue weighted by atomic mass is 16.5. The van der Waals surface area contributed by atoms with Crippen LogP contribution in [0.25, 0.3) is 0 Å². The van der Waals surface area contributed by atoms with Crippen LogP contribution in [0.3, 0.4) is 0 Å². The van der Waals surface area contributed by atoms with Crippen molar-refractivity contribution in [3.63, 3.8) is 0 Å². The van der Waals surface area contributed by atoms with Gasteiger partial charge in [0.15, 0.2) is 6.10 Å². The summed E-state index contributed by atoms with van der Waals surface area (Å²) in [5, 5.41) is 36.8. The van der Waals surface area contributed by atoms with Gasteiger partial charge in [0.05, 0.1) is 24.4 Å². The molecule has 12 atom stereocenters. The molecule has 2 spiro atoms. The van der Waals surface area contributed by atoms with Crippen LogP contribution in [0.15, 0.2) is 42.0 Å². The average molecular weight is 550 g/mol. The van der Waals surface area contributed by atoms with Crippen LogP contribution in [0.4, 0.5) is 0 Å². The minimum Gasteiger partial charge on any atom is -0.390 e. The highest BCUT2D eigenvalue weighted by molar-refractivity contribution is 5.81. The lowest BCUT2D eigenvalue weighted by atomic mass is 9.43. The number of rotatable bonds is 4. The number of amides is 1. The number of allylic oxidation sites excluding steroid dienone is 1. The van der Waals surface area contributed by atoms with E-state index in [-0.39, 0.29) is 39.8 Å². The molecule has 6 aliphatic rings. The fourth-order valence-electron chi connectivity index (χ4n) is 11.7. The van der Waals surface area contributed by atoms with Crippen molar-refractivity contribution in [2.24, 2.45) is 39.4 Å². The van der Waals surface area contributed by atoms with Gasteiger partial charge in [0.1, 0.15) is 0 Å². The average Bonchev–Trinajstić information content (AvgIpc) is 3.61. The topological polar surface area (TPSA) is 99.0 Å². The molecule has 1 amide bonds. The first kappa shape index (κ1) is 27.1. The summed E-state index contributed by atoms with van der Waals surface area (Å²) in [7, 11) is 0. The molecule has 4 N–H and O–H groups in total. The Kier molecular flexibility index (Phi) is 6.19. The van der Waals surface area contributed by atoms with Crippen LogP contribution in [0, 0.1) is 39.4 Å². The van der Waals surface area contributed by atoms with Crippen molar-refractivity contribution in [2.45, 2.75) is 116 Å². The number of nitrogens with one attached hydrogen (secondary N) is 1. The van der Waals surface area contributed by atoms with E-state index in [0.29, 0.717) is 24.8 Å². The van der Waals surface area contributed by atoms with Crippen molar-refractivity contribution in [1.29, 1.82) is 0 Å². The first-order valence-corrected chi connectivity index (χ1v) is 15.8. The van der Waals surface area contributed by atoms with E-state index in [9.17, 15) is 20.1 Å². The standard InChI is InChI=1S/C34H47NO5/c1-4-21-22-11-13-26-32(3)29(38)28-23(31(32,2)16-17-34(26)19-33(22,34)15-14-24(21)36)10-12-25(40-28)27(37)30(39)35-18-20-8-6-5-7-9-20/h4-9,22-29,36-38H,10-19H2,1-3H3,(H,35,39)/b21-4+/t22-,23-,24?,25?,26?,27?,28?,29-,31?,32+,33?,34?/m0/s1. The molecule has 218 valence electrons. The molecule has 1 aliphatic heterocycles. The van der Waals surface area contributed by atoms with Crippen LogP contribution in [0.5, 0.6) is 0 Å². The smallest absolute Gasteiger partial charge is 0.251 e. The van der Waals surface area contributed by atoms with Crippen molar-refractivity contribution in [1.82, 2.24) is 5.32 Å². The number of fused-ring (bicyclic) bond motifs is 4. The largest absolute Gasteiger partial charge is 0.390 e. The van der Waals surface area contributed by atoms with Gasteiger partial charge in [0.2, 0.25) is 0 Å². The number of carbonyl (C=O) groups is 1. The van der Waals surface area contributed by atoms with E-state index in [4.69, 9.17) is 4.74 Å². The molecule has 5 saturated carbocycles. The molecule has 40 heavy (non-hydrogen) atoms. The Hall–Kier alpha value is -1.73. The van der Waals surface area contributed by atoms with Gasteiger partial charge < -0.3 is 25.4 Å². The van der Waals surface area contributed by atoms with Crippen molar-refractivity contribution < 1.29 is 24.9 Å². The van der Waals surface area contributed by atoms with Gasteiger partial charge in [-0.3, -0.25) is 4.79 Å². The van der Waals surface area contributed by atoms with Gasteiger partial charge >= 0.3 is 0 Å². The van der Waals surface area contributed by atoms with Crippen LogP contribution in [-0.2, 0) is 16.1 Å². The van der Waals surface area contributed by atoms with Gasteiger partial charge in [-0.1, -0.05) is 50.3 Å². The summed E-state index contributed by atoms with van der Waals surface area (Å²) < 4.78 is 6.56. The maximum absolute atomic E-state index is 12.9. The molecule has 6 nitrogen and oxygen atoms in total. The van der Waals surface area contributed by atoms with E-state index in [1.54, 1.807) is 0 Å². The Labute approximate surface area is 238 Å². The molecule has 6 heteroatoms. The second kappa shape index (κ2) is 9.13. The van der Waals surface area contributed by atoms with Crippen LogP contribution < -0.4 is 5.32 Å². The summed E-state index contributed by atoms with van der Waals surface area (Å²) in [6, 6.07) is 9.70. The molecule has 1 aromatic carbocycles. The number of aliphatic hydroxyl groups is 3. The van der Waals surface area contributed by atoms with Gasteiger partial charge in [0.25, 0.3) is 5.91 Å². The quantitative estimate of drug-likeness (QED) is 0.414. The van der Waals surface area contributed by atoms with E-state index in [0.717, 1.165) is 44.1 Å². The number of hydrogen-bond donors (Lipinski definition) is 4. The summed E-state index contributed by atoms with van der Waals surface area (Å²) in [6.45, 7) is 7.22. The Balaban J connectivity index is 1.11. The second-order valence-corrected chi connectivity index (χ2v) is 14.6. The van der Waals surface area contributed by atoms with Crippen molar-refractivity contribution in [3.05, 3.63) is 47.5 Å². The summed E-state index contributed by atoms with van der Waals surface area (Å²) >= 11 is 0. The third kappa shape index (κ3) is 3.34. The third-order valence-corrected chi connectivity index (χ3v) is 13.8. The number of benzene rings is 1. The molecule has 0 radical (unpaired) electrons. The van der Waals surface area contributed by atoms with Crippen LogP contribution in [-0.4, -0.2) is 51.7 Å². The second-order valence-electron chi connectivity index (χ2n) is 14.6. The van der Waals surface area contributed by atoms with Crippen molar-refractivity contribution in [2.75, 3.05) is 0 Å². The van der Waals surface area contributed by atoms with E-state index in [2.05, 4.69) is 32.2 Å². The predicted octanol–water partition coefficient (Wildman–Crippen LogP) is 4.51. The summed E-state index contributed by atoms with van der Waals surface area (Å²) in [5.74, 6) is 0.736. The highest BCUT2D eigenvalue weighted by Crippen LogP contribution is 2.88. The molecule has 8 unspecified atom stereocenters. The fourth-order valence-corrected chi connectivity index (χ4v) is 11.7. The number of hydrogen-bond acceptors (Lipinski definition) is 5. The number of ether oxygens (including phenoxy) is 1. The first-order valence-electron chi connectivity index (χ1n) is 15.8. The van der Waals surface area contributed by atoms with E-state index >= 15 is 0 Å². The van der Waals surface area contributed by atoms with Crippen LogP contribution >= 0.6 is 0 Å². The fraction of sp³-hybridized carbons (Fsp3) is 0.735. The summed E-state index contributed by atoms with van der Waals surface area (Å²) in [5.41, 5.74) is 2.49. The third-order valence-electron chi connectivity index (χ3n) is 13.8.